The molecule has 2 aromatic carbocycles. The third-order valence-corrected chi connectivity index (χ3v) is 8.26. The molecule has 2 aromatic rings. The topological polar surface area (TPSA) is 69.7 Å². The number of fused-ring (bicyclic) bond motifs is 4. The molecule has 0 aromatic heterocycles. The summed E-state index contributed by atoms with van der Waals surface area (Å²) in [5.41, 5.74) is 3.29. The molecule has 4 aliphatic heterocycles. The van der Waals surface area contributed by atoms with Crippen molar-refractivity contribution in [3.8, 4) is 0 Å². The van der Waals surface area contributed by atoms with Crippen LogP contribution in [-0.2, 0) is 16.3 Å². The van der Waals surface area contributed by atoms with Crippen LogP contribution >= 0.6 is 0 Å². The van der Waals surface area contributed by atoms with Crippen molar-refractivity contribution in [2.24, 2.45) is 5.92 Å². The lowest BCUT2D eigenvalue weighted by molar-refractivity contribution is 0.0715. The second-order valence-corrected chi connectivity index (χ2v) is 11.1. The van der Waals surface area contributed by atoms with Crippen LogP contribution < -0.4 is 5.32 Å². The molecule has 31 heavy (non-hydrogen) atoms. The molecule has 0 radical (unpaired) electrons. The normalized spacial score (nSPS) is 27.6. The van der Waals surface area contributed by atoms with Crippen LogP contribution in [-0.4, -0.2) is 62.7 Å². The van der Waals surface area contributed by atoms with Gasteiger partial charge in [-0.15, -0.1) is 0 Å². The van der Waals surface area contributed by atoms with E-state index in [4.69, 9.17) is 0 Å². The molecule has 166 valence electrons. The first-order valence-electron chi connectivity index (χ1n) is 11.1. The average Bonchev–Trinajstić information content (AvgIpc) is 2.78. The van der Waals surface area contributed by atoms with Crippen molar-refractivity contribution in [1.82, 2.24) is 15.1 Å². The van der Waals surface area contributed by atoms with Crippen molar-refractivity contribution in [2.45, 2.75) is 36.2 Å². The zero-order valence-corrected chi connectivity index (χ0v) is 18.6. The smallest absolute Gasteiger partial charge is 0.318 e. The molecule has 2 bridgehead atoms. The molecular formula is C24H31N3O3S. The first kappa shape index (κ1) is 20.5. The summed E-state index contributed by atoms with van der Waals surface area (Å²) in [6, 6.07) is 15.2. The van der Waals surface area contributed by atoms with Gasteiger partial charge in [0.15, 0.2) is 9.84 Å². The Morgan fingerprint density at radius 3 is 2.39 bits per heavy atom. The average molecular weight is 442 g/mol. The highest BCUT2D eigenvalue weighted by Crippen LogP contribution is 2.36. The van der Waals surface area contributed by atoms with E-state index in [9.17, 15) is 13.2 Å². The number of hydrogen-bond acceptors (Lipinski definition) is 4. The largest absolute Gasteiger partial charge is 0.334 e. The van der Waals surface area contributed by atoms with Gasteiger partial charge in [-0.05, 0) is 67.1 Å². The zero-order valence-electron chi connectivity index (χ0n) is 17.8. The summed E-state index contributed by atoms with van der Waals surface area (Å²) in [5.74, 6) is 0.568. The van der Waals surface area contributed by atoms with Crippen LogP contribution in [0.2, 0.25) is 0 Å². The van der Waals surface area contributed by atoms with Gasteiger partial charge in [-0.2, -0.15) is 0 Å². The number of nitrogens with zero attached hydrogens (tertiary/aromatic N) is 2. The van der Waals surface area contributed by atoms with Crippen molar-refractivity contribution in [3.05, 3.63) is 65.2 Å². The standard InChI is InChI=1S/C24H29N3O3S.H2/c1-31(29,30)20-8-6-19(7-9-20)23-21-5-3-2-4-17(21)12-15-27(23)24(28)25-22-16-26-13-10-18(22)11-14-26;/h2-9,18,22-23H,10-16H2,1H3,(H,25,28);1H/t22-,23+;/m1./s1. The van der Waals surface area contributed by atoms with Crippen molar-refractivity contribution < 1.29 is 14.6 Å². The molecule has 4 aliphatic rings. The summed E-state index contributed by atoms with van der Waals surface area (Å²) < 4.78 is 23.8. The Morgan fingerprint density at radius 1 is 1.03 bits per heavy atom. The lowest BCUT2D eigenvalue weighted by atomic mass is 9.84. The maximum atomic E-state index is 13.5. The number of rotatable bonds is 3. The number of urea groups is 1. The van der Waals surface area contributed by atoms with E-state index in [-0.39, 0.29) is 19.5 Å². The molecule has 0 saturated carbocycles. The summed E-state index contributed by atoms with van der Waals surface area (Å²) in [4.78, 5) is 18.1. The van der Waals surface area contributed by atoms with E-state index in [0.717, 1.165) is 50.0 Å². The van der Waals surface area contributed by atoms with Gasteiger partial charge in [-0.25, -0.2) is 13.2 Å². The van der Waals surface area contributed by atoms with Crippen LogP contribution in [0.1, 0.15) is 37.0 Å². The van der Waals surface area contributed by atoms with E-state index in [1.54, 1.807) is 12.1 Å². The highest BCUT2D eigenvalue weighted by Gasteiger charge is 2.38. The van der Waals surface area contributed by atoms with E-state index in [1.165, 1.54) is 11.8 Å². The molecule has 0 unspecified atom stereocenters. The lowest BCUT2D eigenvalue weighted by Crippen LogP contribution is -2.59. The van der Waals surface area contributed by atoms with E-state index in [2.05, 4.69) is 22.3 Å². The van der Waals surface area contributed by atoms with Crippen molar-refractivity contribution in [2.75, 3.05) is 32.4 Å². The van der Waals surface area contributed by atoms with Gasteiger partial charge in [0.25, 0.3) is 0 Å². The van der Waals surface area contributed by atoms with Crippen LogP contribution in [0.4, 0.5) is 4.79 Å². The highest BCUT2D eigenvalue weighted by molar-refractivity contribution is 7.90. The maximum absolute atomic E-state index is 13.5. The molecule has 4 heterocycles. The van der Waals surface area contributed by atoms with Crippen molar-refractivity contribution in [3.63, 3.8) is 0 Å². The van der Waals surface area contributed by atoms with Crippen LogP contribution in [0.25, 0.3) is 0 Å². The van der Waals surface area contributed by atoms with E-state index in [1.807, 2.05) is 29.2 Å². The molecule has 3 saturated heterocycles. The minimum absolute atomic E-state index is 0. The molecule has 2 atom stereocenters. The Hall–Kier alpha value is -2.38. The summed E-state index contributed by atoms with van der Waals surface area (Å²) in [7, 11) is -3.26. The molecule has 7 heteroatoms. The van der Waals surface area contributed by atoms with Gasteiger partial charge in [0.05, 0.1) is 10.9 Å². The molecular weight excluding hydrogens is 410 g/mol. The van der Waals surface area contributed by atoms with Crippen LogP contribution in [0, 0.1) is 5.92 Å². The SMILES string of the molecule is CS(=O)(=O)c1ccc([C@H]2c3ccccc3CCN2C(=O)N[C@@H]2CN3CCC2CC3)cc1.[HH]. The lowest BCUT2D eigenvalue weighted by Gasteiger charge is -2.46. The van der Waals surface area contributed by atoms with Crippen LogP contribution in [0.5, 0.6) is 0 Å². The van der Waals surface area contributed by atoms with Crippen molar-refractivity contribution >= 4 is 15.9 Å². The molecule has 6 rings (SSSR count). The summed E-state index contributed by atoms with van der Waals surface area (Å²) in [5, 5.41) is 3.34. The fourth-order valence-electron chi connectivity index (χ4n) is 5.41. The number of hydrogen-bond donors (Lipinski definition) is 1. The van der Waals surface area contributed by atoms with Crippen molar-refractivity contribution in [1.29, 1.82) is 0 Å². The molecule has 3 fully saturated rings. The quantitative estimate of drug-likeness (QED) is 0.795. The Bertz CT molecular complexity index is 1080. The summed E-state index contributed by atoms with van der Waals surface area (Å²) in [6.45, 7) is 3.86. The Balaban J connectivity index is 0.00000245. The molecule has 1 N–H and O–H groups in total. The predicted molar refractivity (Wildman–Crippen MR) is 122 cm³/mol. The van der Waals surface area contributed by atoms with Crippen LogP contribution in [0.3, 0.4) is 0 Å². The monoisotopic (exact) mass is 441 g/mol. The Morgan fingerprint density at radius 2 is 1.74 bits per heavy atom. The van der Waals surface area contributed by atoms with Gasteiger partial charge >= 0.3 is 6.03 Å². The van der Waals surface area contributed by atoms with Gasteiger partial charge in [0.1, 0.15) is 0 Å². The maximum Gasteiger partial charge on any atom is 0.318 e. The van der Waals surface area contributed by atoms with Gasteiger partial charge < -0.3 is 15.1 Å². The van der Waals surface area contributed by atoms with Gasteiger partial charge in [0.2, 0.25) is 0 Å². The number of nitrogens with one attached hydrogen (secondary N) is 1. The molecule has 6 nitrogen and oxygen atoms in total. The predicted octanol–water partition coefficient (Wildman–Crippen LogP) is 3.09. The second kappa shape index (κ2) is 7.95. The van der Waals surface area contributed by atoms with E-state index in [0.29, 0.717) is 17.4 Å². The van der Waals surface area contributed by atoms with E-state index >= 15 is 0 Å². The van der Waals surface area contributed by atoms with Crippen LogP contribution in [0.15, 0.2) is 53.4 Å². The Kier molecular flexibility index (Phi) is 5.26. The molecule has 2 amide bonds. The number of sulfone groups is 1. The summed E-state index contributed by atoms with van der Waals surface area (Å²) >= 11 is 0. The number of benzene rings is 2. The fourth-order valence-corrected chi connectivity index (χ4v) is 6.04. The minimum atomic E-state index is -3.26. The third kappa shape index (κ3) is 3.96. The van der Waals surface area contributed by atoms with Gasteiger partial charge in [-0.1, -0.05) is 36.4 Å². The fraction of sp³-hybridized carbons (Fsp3) is 0.458. The number of amides is 2. The molecule has 0 spiro atoms. The Labute approximate surface area is 185 Å². The summed E-state index contributed by atoms with van der Waals surface area (Å²) in [6.07, 6.45) is 4.35. The second-order valence-electron chi connectivity index (χ2n) is 9.08. The third-order valence-electron chi connectivity index (χ3n) is 7.13. The number of carbonyl (C=O) groups excluding carboxylic acids is 1. The first-order valence-corrected chi connectivity index (χ1v) is 13.0. The highest BCUT2D eigenvalue weighted by atomic mass is 32.2. The van der Waals surface area contributed by atoms with Gasteiger partial charge in [0, 0.05) is 26.8 Å². The number of carbonyl (C=O) groups is 1. The molecule has 0 aliphatic carbocycles. The minimum Gasteiger partial charge on any atom is -0.334 e. The number of piperidine rings is 3. The van der Waals surface area contributed by atoms with E-state index < -0.39 is 9.84 Å². The van der Waals surface area contributed by atoms with Gasteiger partial charge in [-0.3, -0.25) is 0 Å². The zero-order chi connectivity index (χ0) is 21.6. The first-order chi connectivity index (χ1) is 14.9.